The summed E-state index contributed by atoms with van der Waals surface area (Å²) in [7, 11) is 0. The molecule has 8 heteroatoms. The molecule has 8 nitrogen and oxygen atoms in total. The number of aromatic amines is 1. The number of rotatable bonds is 6. The molecule has 1 unspecified atom stereocenters. The Kier molecular flexibility index (Phi) is 5.93. The second kappa shape index (κ2) is 8.37. The van der Waals surface area contributed by atoms with E-state index in [1.807, 2.05) is 10.8 Å². The van der Waals surface area contributed by atoms with Gasteiger partial charge in [0.2, 0.25) is 0 Å². The van der Waals surface area contributed by atoms with Gasteiger partial charge in [0, 0.05) is 31.4 Å². The molecule has 1 N–H and O–H groups in total. The normalized spacial score (nSPS) is 17.3. The third-order valence-electron chi connectivity index (χ3n) is 4.78. The van der Waals surface area contributed by atoms with Crippen molar-refractivity contribution in [3.05, 3.63) is 35.7 Å². The highest BCUT2D eigenvalue weighted by atomic mass is 16.5. The Balaban J connectivity index is 1.66. The Morgan fingerprint density at radius 3 is 2.96 bits per heavy atom. The van der Waals surface area contributed by atoms with Crippen LogP contribution in [0, 0.1) is 5.92 Å². The summed E-state index contributed by atoms with van der Waals surface area (Å²) >= 11 is 0. The second-order valence-corrected chi connectivity index (χ2v) is 7.19. The number of ether oxygens (including phenoxy) is 1. The van der Waals surface area contributed by atoms with Crippen LogP contribution in [-0.2, 0) is 16.1 Å². The maximum absolute atomic E-state index is 12.8. The first kappa shape index (κ1) is 19.1. The third-order valence-corrected chi connectivity index (χ3v) is 4.78. The van der Waals surface area contributed by atoms with Gasteiger partial charge in [-0.25, -0.2) is 4.98 Å². The average molecular weight is 373 g/mol. The van der Waals surface area contributed by atoms with Crippen LogP contribution in [0.4, 0.5) is 0 Å². The largest absolute Gasteiger partial charge is 0.466 e. The summed E-state index contributed by atoms with van der Waals surface area (Å²) in [5.41, 5.74) is 1.22. The molecular weight excluding hydrogens is 346 g/mol. The topological polar surface area (TPSA) is 93.1 Å². The first-order valence-corrected chi connectivity index (χ1v) is 9.50. The van der Waals surface area contributed by atoms with Crippen molar-refractivity contribution in [3.63, 3.8) is 0 Å². The fourth-order valence-corrected chi connectivity index (χ4v) is 3.47. The number of hydrogen-bond donors (Lipinski definition) is 1. The first-order valence-electron chi connectivity index (χ1n) is 9.50. The molecule has 1 aliphatic heterocycles. The lowest BCUT2D eigenvalue weighted by molar-refractivity contribution is -0.149. The Morgan fingerprint density at radius 1 is 1.41 bits per heavy atom. The Morgan fingerprint density at radius 2 is 2.22 bits per heavy atom. The molecule has 0 saturated carbocycles. The maximum atomic E-state index is 12.8. The molecule has 2 aromatic rings. The van der Waals surface area contributed by atoms with E-state index in [0.29, 0.717) is 37.9 Å². The van der Waals surface area contributed by atoms with Gasteiger partial charge in [0.25, 0.3) is 5.91 Å². The molecule has 3 heterocycles. The molecule has 1 fully saturated rings. The number of piperidine rings is 1. The van der Waals surface area contributed by atoms with Crippen LogP contribution in [0.5, 0.6) is 0 Å². The molecule has 0 aliphatic carbocycles. The lowest BCUT2D eigenvalue weighted by atomic mass is 9.98. The van der Waals surface area contributed by atoms with E-state index in [-0.39, 0.29) is 17.8 Å². The molecule has 2 aromatic heterocycles. The Labute approximate surface area is 158 Å². The number of nitrogens with one attached hydrogen (secondary N) is 1. The summed E-state index contributed by atoms with van der Waals surface area (Å²) in [6.45, 7) is 7.95. The highest BCUT2D eigenvalue weighted by molar-refractivity contribution is 5.92. The number of nitrogens with zero attached hydrogens (tertiary/aromatic N) is 4. The van der Waals surface area contributed by atoms with E-state index in [9.17, 15) is 9.59 Å². The summed E-state index contributed by atoms with van der Waals surface area (Å²) in [4.78, 5) is 30.8. The number of aromatic nitrogens is 4. The molecule has 146 valence electrons. The number of H-pyrrole nitrogens is 1. The van der Waals surface area contributed by atoms with E-state index in [1.54, 1.807) is 24.1 Å². The molecule has 0 spiro atoms. The van der Waals surface area contributed by atoms with Gasteiger partial charge in [-0.1, -0.05) is 13.8 Å². The minimum absolute atomic E-state index is 0.152. The maximum Gasteiger partial charge on any atom is 0.310 e. The summed E-state index contributed by atoms with van der Waals surface area (Å²) < 4.78 is 7.15. The van der Waals surface area contributed by atoms with Crippen molar-refractivity contribution in [2.45, 2.75) is 46.1 Å². The highest BCUT2D eigenvalue weighted by Crippen LogP contribution is 2.20. The van der Waals surface area contributed by atoms with Crippen LogP contribution in [-0.4, -0.2) is 56.2 Å². The van der Waals surface area contributed by atoms with Crippen molar-refractivity contribution in [3.8, 4) is 0 Å². The van der Waals surface area contributed by atoms with Crippen LogP contribution in [0.2, 0.25) is 0 Å². The predicted molar refractivity (Wildman–Crippen MR) is 99.3 cm³/mol. The molecule has 1 saturated heterocycles. The van der Waals surface area contributed by atoms with Crippen LogP contribution in [0.25, 0.3) is 0 Å². The van der Waals surface area contributed by atoms with Gasteiger partial charge >= 0.3 is 5.97 Å². The van der Waals surface area contributed by atoms with Crippen LogP contribution >= 0.6 is 0 Å². The van der Waals surface area contributed by atoms with E-state index in [2.05, 4.69) is 29.0 Å². The quantitative estimate of drug-likeness (QED) is 0.784. The third kappa shape index (κ3) is 4.37. The van der Waals surface area contributed by atoms with Crippen LogP contribution in [0.1, 0.15) is 61.5 Å². The van der Waals surface area contributed by atoms with Gasteiger partial charge < -0.3 is 14.2 Å². The van der Waals surface area contributed by atoms with Crippen molar-refractivity contribution in [1.29, 1.82) is 0 Å². The van der Waals surface area contributed by atoms with Crippen molar-refractivity contribution in [1.82, 2.24) is 24.6 Å². The van der Waals surface area contributed by atoms with Gasteiger partial charge in [0.1, 0.15) is 11.5 Å². The molecular formula is C19H27N5O3. The standard InChI is InChI=1S/C19H27N5O3/c1-4-27-19(26)14-6-5-8-24(11-14)18(25)16-10-15(21-22-16)12-23-9-7-20-17(23)13(2)3/h7,9-10,13-14H,4-6,8,11-12H2,1-3H3,(H,21,22). The van der Waals surface area contributed by atoms with E-state index < -0.39 is 0 Å². The van der Waals surface area contributed by atoms with E-state index in [4.69, 9.17) is 4.74 Å². The summed E-state index contributed by atoms with van der Waals surface area (Å²) in [6.07, 6.45) is 5.25. The lowest BCUT2D eigenvalue weighted by Crippen LogP contribution is -2.43. The molecule has 3 rings (SSSR count). The van der Waals surface area contributed by atoms with Gasteiger partial charge in [-0.2, -0.15) is 5.10 Å². The van der Waals surface area contributed by atoms with Gasteiger partial charge in [-0.15, -0.1) is 0 Å². The van der Waals surface area contributed by atoms with Crippen molar-refractivity contribution in [2.24, 2.45) is 5.92 Å². The van der Waals surface area contributed by atoms with Gasteiger partial charge in [-0.3, -0.25) is 14.7 Å². The molecule has 0 aromatic carbocycles. The molecule has 1 amide bonds. The summed E-state index contributed by atoms with van der Waals surface area (Å²) in [5, 5.41) is 7.13. The van der Waals surface area contributed by atoms with Gasteiger partial charge in [-0.05, 0) is 25.8 Å². The SMILES string of the molecule is CCOC(=O)C1CCCN(C(=O)c2cc(Cn3ccnc3C(C)C)[nH]n2)C1. The van der Waals surface area contributed by atoms with Crippen LogP contribution < -0.4 is 0 Å². The minimum Gasteiger partial charge on any atom is -0.466 e. The number of likely N-dealkylation sites (tertiary alicyclic amines) is 1. The molecule has 0 radical (unpaired) electrons. The number of imidazole rings is 1. The summed E-state index contributed by atoms with van der Waals surface area (Å²) in [5.74, 6) is 0.684. The smallest absolute Gasteiger partial charge is 0.310 e. The van der Waals surface area contributed by atoms with Crippen LogP contribution in [0.15, 0.2) is 18.5 Å². The van der Waals surface area contributed by atoms with E-state index in [0.717, 1.165) is 24.4 Å². The Hall–Kier alpha value is -2.64. The van der Waals surface area contributed by atoms with Gasteiger partial charge in [0.05, 0.1) is 24.8 Å². The lowest BCUT2D eigenvalue weighted by Gasteiger charge is -2.31. The number of amides is 1. The Bertz CT molecular complexity index is 795. The zero-order chi connectivity index (χ0) is 19.4. The molecule has 1 atom stereocenters. The van der Waals surface area contributed by atoms with Gasteiger partial charge in [0.15, 0.2) is 0 Å². The van der Waals surface area contributed by atoms with Crippen LogP contribution in [0.3, 0.4) is 0 Å². The molecule has 0 bridgehead atoms. The zero-order valence-corrected chi connectivity index (χ0v) is 16.1. The van der Waals surface area contributed by atoms with Crippen molar-refractivity contribution >= 4 is 11.9 Å². The second-order valence-electron chi connectivity index (χ2n) is 7.19. The summed E-state index contributed by atoms with van der Waals surface area (Å²) in [6, 6.07) is 1.78. The van der Waals surface area contributed by atoms with E-state index >= 15 is 0 Å². The monoisotopic (exact) mass is 373 g/mol. The fraction of sp³-hybridized carbons (Fsp3) is 0.579. The number of carbonyl (C=O) groups excluding carboxylic acids is 2. The number of carbonyl (C=O) groups is 2. The predicted octanol–water partition coefficient (Wildman–Crippen LogP) is 2.19. The highest BCUT2D eigenvalue weighted by Gasteiger charge is 2.30. The molecule has 27 heavy (non-hydrogen) atoms. The zero-order valence-electron chi connectivity index (χ0n) is 16.1. The minimum atomic E-state index is -0.249. The van der Waals surface area contributed by atoms with Crippen molar-refractivity contribution in [2.75, 3.05) is 19.7 Å². The number of esters is 1. The first-order chi connectivity index (χ1) is 13.0. The van der Waals surface area contributed by atoms with E-state index in [1.165, 1.54) is 0 Å². The molecule has 1 aliphatic rings. The average Bonchev–Trinajstić information content (AvgIpc) is 3.31. The number of hydrogen-bond acceptors (Lipinski definition) is 5. The van der Waals surface area contributed by atoms with Crippen molar-refractivity contribution < 1.29 is 14.3 Å². The fourth-order valence-electron chi connectivity index (χ4n) is 3.47.